The number of carbonyl (C=O) groups is 2. The number of hydrogen-bond acceptors (Lipinski definition) is 6. The quantitative estimate of drug-likeness (QED) is 0.478. The third kappa shape index (κ3) is 6.51. The van der Waals surface area contributed by atoms with Gasteiger partial charge in [-0.25, -0.2) is 9.78 Å². The van der Waals surface area contributed by atoms with E-state index < -0.39 is 11.7 Å². The van der Waals surface area contributed by atoms with E-state index in [0.29, 0.717) is 54.1 Å². The Kier molecular flexibility index (Phi) is 8.39. The molecule has 2 fully saturated rings. The van der Waals surface area contributed by atoms with Gasteiger partial charge in [0.2, 0.25) is 11.8 Å². The number of rotatable bonds is 5. The Bertz CT molecular complexity index is 1220. The number of halogens is 2. The van der Waals surface area contributed by atoms with E-state index in [4.69, 9.17) is 37.9 Å². The number of amides is 2. The van der Waals surface area contributed by atoms with Crippen LogP contribution in [0, 0.1) is 23.2 Å². The molecule has 0 aliphatic carbocycles. The lowest BCUT2D eigenvalue weighted by Gasteiger charge is -2.26. The molecule has 38 heavy (non-hydrogen) atoms. The molecule has 0 saturated carbocycles. The molecule has 202 valence electrons. The summed E-state index contributed by atoms with van der Waals surface area (Å²) in [6.45, 7) is 9.26. The molecule has 2 aliphatic heterocycles. The van der Waals surface area contributed by atoms with Crippen molar-refractivity contribution >= 4 is 35.2 Å². The van der Waals surface area contributed by atoms with Crippen LogP contribution in [0.4, 0.5) is 4.79 Å². The molecule has 0 bridgehead atoms. The first-order valence-corrected chi connectivity index (χ1v) is 13.4. The first-order chi connectivity index (χ1) is 17.9. The fourth-order valence-electron chi connectivity index (χ4n) is 5.09. The maximum Gasteiger partial charge on any atom is 0.410 e. The van der Waals surface area contributed by atoms with Crippen LogP contribution in [0.25, 0.3) is 0 Å². The number of likely N-dealkylation sites (tertiary alicyclic amines) is 2. The summed E-state index contributed by atoms with van der Waals surface area (Å²) in [5.74, 6) is 0.0693. The topological polar surface area (TPSA) is 95.8 Å². The summed E-state index contributed by atoms with van der Waals surface area (Å²) in [6, 6.07) is 10.9. The minimum Gasteiger partial charge on any atom is -0.474 e. The molecule has 0 N–H and O–H groups in total. The van der Waals surface area contributed by atoms with Gasteiger partial charge in [-0.3, -0.25) is 4.79 Å². The highest BCUT2D eigenvalue weighted by atomic mass is 35.5. The zero-order valence-electron chi connectivity index (χ0n) is 22.0. The Morgan fingerprint density at radius 1 is 1.11 bits per heavy atom. The summed E-state index contributed by atoms with van der Waals surface area (Å²) in [6.07, 6.45) is 1.39. The Hall–Kier alpha value is -3.02. The van der Waals surface area contributed by atoms with E-state index in [9.17, 15) is 9.59 Å². The molecule has 10 heteroatoms. The number of benzene rings is 1. The minimum atomic E-state index is -0.589. The van der Waals surface area contributed by atoms with Crippen molar-refractivity contribution in [3.05, 3.63) is 57.7 Å². The monoisotopic (exact) mass is 558 g/mol. The van der Waals surface area contributed by atoms with E-state index in [1.54, 1.807) is 23.1 Å². The number of nitriles is 1. The van der Waals surface area contributed by atoms with Crippen LogP contribution in [0.1, 0.15) is 51.2 Å². The van der Waals surface area contributed by atoms with Gasteiger partial charge in [0.25, 0.3) is 0 Å². The van der Waals surface area contributed by atoms with Crippen LogP contribution in [0.3, 0.4) is 0 Å². The number of pyridine rings is 1. The fourth-order valence-corrected chi connectivity index (χ4v) is 5.39. The first-order valence-electron chi connectivity index (χ1n) is 12.7. The maximum atomic E-state index is 13.6. The number of aromatic nitrogens is 1. The maximum absolute atomic E-state index is 13.6. The van der Waals surface area contributed by atoms with Crippen LogP contribution in [0.2, 0.25) is 10.0 Å². The second kappa shape index (κ2) is 11.4. The molecule has 1 aromatic carbocycles. The van der Waals surface area contributed by atoms with Crippen LogP contribution in [-0.2, 0) is 9.53 Å². The predicted molar refractivity (Wildman–Crippen MR) is 144 cm³/mol. The van der Waals surface area contributed by atoms with Gasteiger partial charge in [0.1, 0.15) is 17.8 Å². The third-order valence-corrected chi connectivity index (χ3v) is 7.75. The van der Waals surface area contributed by atoms with Crippen LogP contribution < -0.4 is 4.74 Å². The average molecular weight is 559 g/mol. The second-order valence-electron chi connectivity index (χ2n) is 10.9. The van der Waals surface area contributed by atoms with Gasteiger partial charge in [-0.2, -0.15) is 5.26 Å². The summed E-state index contributed by atoms with van der Waals surface area (Å²) in [7, 11) is 0. The lowest BCUT2D eigenvalue weighted by atomic mass is 9.86. The lowest BCUT2D eigenvalue weighted by molar-refractivity contribution is -0.134. The number of hydrogen-bond donors (Lipinski definition) is 0. The summed E-state index contributed by atoms with van der Waals surface area (Å²) in [5, 5.41) is 9.96. The van der Waals surface area contributed by atoms with Crippen molar-refractivity contribution < 1.29 is 19.1 Å². The fraction of sp³-hybridized carbons (Fsp3) is 0.500. The van der Waals surface area contributed by atoms with E-state index in [-0.39, 0.29) is 29.8 Å². The van der Waals surface area contributed by atoms with Crippen LogP contribution in [0.5, 0.6) is 5.88 Å². The molecule has 1 aromatic heterocycles. The highest BCUT2D eigenvalue weighted by Gasteiger charge is 2.43. The van der Waals surface area contributed by atoms with Gasteiger partial charge in [-0.05, 0) is 57.9 Å². The smallest absolute Gasteiger partial charge is 0.410 e. The largest absolute Gasteiger partial charge is 0.474 e. The highest BCUT2D eigenvalue weighted by molar-refractivity contribution is 6.42. The Morgan fingerprint density at radius 3 is 2.50 bits per heavy atom. The molecule has 2 aromatic rings. The Labute approximate surface area is 233 Å². The molecular weight excluding hydrogens is 527 g/mol. The number of nitrogens with zero attached hydrogens (tertiary/aromatic N) is 4. The lowest BCUT2D eigenvalue weighted by Crippen LogP contribution is -2.39. The van der Waals surface area contributed by atoms with Crippen LogP contribution in [0.15, 0.2) is 36.5 Å². The van der Waals surface area contributed by atoms with E-state index in [1.165, 1.54) is 6.20 Å². The Morgan fingerprint density at radius 2 is 1.87 bits per heavy atom. The zero-order chi connectivity index (χ0) is 27.6. The summed E-state index contributed by atoms with van der Waals surface area (Å²) in [5.41, 5.74) is 0.840. The van der Waals surface area contributed by atoms with Gasteiger partial charge in [-0.15, -0.1) is 0 Å². The molecule has 4 rings (SSSR count). The van der Waals surface area contributed by atoms with Crippen molar-refractivity contribution in [2.75, 3.05) is 26.2 Å². The molecule has 8 nitrogen and oxygen atoms in total. The standard InChI is InChI=1S/C28H32Cl2N4O4/c1-17(37-25-8-5-18(12-31)13-32-25)21-15-34(16-22(21)19-6-7-23(29)24(30)11-19)26(35)20-9-10-33(14-20)27(36)38-28(2,3)4/h5-8,11,13,17,20-22H,9-10,14-16H2,1-4H3/t17-,20?,21?,22+/m0/s1. The minimum absolute atomic E-state index is 0.0207. The Balaban J connectivity index is 1.50. The SMILES string of the molecule is C[C@H](Oc1ccc(C#N)cn1)C1CN(C(=O)C2CCN(C(=O)OC(C)(C)C)C2)C[C@@H]1c1ccc(Cl)c(Cl)c1. The summed E-state index contributed by atoms with van der Waals surface area (Å²) in [4.78, 5) is 33.8. The molecule has 2 unspecified atom stereocenters. The van der Waals surface area contributed by atoms with Gasteiger partial charge < -0.3 is 19.3 Å². The van der Waals surface area contributed by atoms with Crippen LogP contribution in [-0.4, -0.2) is 64.7 Å². The molecule has 0 spiro atoms. The van der Waals surface area contributed by atoms with Crippen molar-refractivity contribution in [3.8, 4) is 11.9 Å². The molecule has 4 atom stereocenters. The van der Waals surface area contributed by atoms with Gasteiger partial charge >= 0.3 is 6.09 Å². The average Bonchev–Trinajstić information content (AvgIpc) is 3.53. The van der Waals surface area contributed by atoms with Crippen molar-refractivity contribution in [2.45, 2.75) is 51.7 Å². The zero-order valence-corrected chi connectivity index (χ0v) is 23.5. The van der Waals surface area contributed by atoms with Gasteiger partial charge in [-0.1, -0.05) is 29.3 Å². The summed E-state index contributed by atoms with van der Waals surface area (Å²) < 4.78 is 11.7. The van der Waals surface area contributed by atoms with Crippen molar-refractivity contribution in [3.63, 3.8) is 0 Å². The molecule has 2 saturated heterocycles. The number of ether oxygens (including phenoxy) is 2. The molecular formula is C28H32Cl2N4O4. The van der Waals surface area contributed by atoms with E-state index >= 15 is 0 Å². The first kappa shape index (κ1) is 28.0. The van der Waals surface area contributed by atoms with Gasteiger partial charge in [0.15, 0.2) is 0 Å². The van der Waals surface area contributed by atoms with E-state index in [0.717, 1.165) is 5.56 Å². The molecule has 0 radical (unpaired) electrons. The second-order valence-corrected chi connectivity index (χ2v) is 11.7. The van der Waals surface area contributed by atoms with Crippen molar-refractivity contribution in [1.29, 1.82) is 5.26 Å². The van der Waals surface area contributed by atoms with E-state index in [1.807, 2.05) is 50.8 Å². The van der Waals surface area contributed by atoms with Crippen molar-refractivity contribution in [2.24, 2.45) is 11.8 Å². The third-order valence-electron chi connectivity index (χ3n) is 7.01. The molecule has 2 aliphatic rings. The predicted octanol–water partition coefficient (Wildman–Crippen LogP) is 5.53. The van der Waals surface area contributed by atoms with Crippen molar-refractivity contribution in [1.82, 2.24) is 14.8 Å². The van der Waals surface area contributed by atoms with E-state index in [2.05, 4.69) is 4.98 Å². The normalized spacial score (nSPS) is 22.2. The molecule has 2 amide bonds. The van der Waals surface area contributed by atoms with Gasteiger partial charge in [0, 0.05) is 50.3 Å². The summed E-state index contributed by atoms with van der Waals surface area (Å²) >= 11 is 12.5. The molecule has 3 heterocycles. The van der Waals surface area contributed by atoms with Gasteiger partial charge in [0.05, 0.1) is 21.5 Å². The van der Waals surface area contributed by atoms with Crippen LogP contribution >= 0.6 is 23.2 Å². The number of carbonyl (C=O) groups excluding carboxylic acids is 2. The highest BCUT2D eigenvalue weighted by Crippen LogP contribution is 2.39.